The van der Waals surface area contributed by atoms with Crippen LogP contribution in [0.3, 0.4) is 0 Å². The number of carbonyl (C=O) groups is 2. The summed E-state index contributed by atoms with van der Waals surface area (Å²) in [7, 11) is 1.32. The molecule has 1 aromatic carbocycles. The molecule has 0 aromatic heterocycles. The SMILES string of the molecule is COC(=O)[C@@H]1O[C@H]1c1ccc(OC(C)=O)cc1. The topological polar surface area (TPSA) is 65.1 Å². The summed E-state index contributed by atoms with van der Waals surface area (Å²) in [5.41, 5.74) is 0.858. The quantitative estimate of drug-likeness (QED) is 0.448. The maximum absolute atomic E-state index is 11.2. The molecule has 0 amide bonds. The molecule has 0 N–H and O–H groups in total. The molecule has 1 aromatic rings. The standard InChI is InChI=1S/C12H12O5/c1-7(13)16-9-5-3-8(4-6-9)10-11(17-10)12(14)15-2/h3-6,10-11H,1-2H3/t10-,11+/m0/s1. The minimum atomic E-state index is -0.514. The van der Waals surface area contributed by atoms with Gasteiger partial charge in [-0.2, -0.15) is 0 Å². The molecule has 0 spiro atoms. The van der Waals surface area contributed by atoms with Crippen molar-refractivity contribution < 1.29 is 23.8 Å². The van der Waals surface area contributed by atoms with E-state index in [-0.39, 0.29) is 18.0 Å². The van der Waals surface area contributed by atoms with Crippen LogP contribution in [0.25, 0.3) is 0 Å². The molecule has 0 radical (unpaired) electrons. The lowest BCUT2D eigenvalue weighted by atomic mass is 10.1. The Morgan fingerprint density at radius 3 is 2.41 bits per heavy atom. The van der Waals surface area contributed by atoms with Crippen molar-refractivity contribution in [3.63, 3.8) is 0 Å². The third-order valence-corrected chi connectivity index (χ3v) is 2.40. The lowest BCUT2D eigenvalue weighted by molar-refractivity contribution is -0.142. The minimum absolute atomic E-state index is 0.256. The molecule has 1 fully saturated rings. The van der Waals surface area contributed by atoms with Gasteiger partial charge in [0.05, 0.1) is 7.11 Å². The largest absolute Gasteiger partial charge is 0.467 e. The van der Waals surface area contributed by atoms with Crippen molar-refractivity contribution in [2.75, 3.05) is 7.11 Å². The maximum atomic E-state index is 11.2. The van der Waals surface area contributed by atoms with Crippen molar-refractivity contribution in [3.8, 4) is 5.75 Å². The van der Waals surface area contributed by atoms with E-state index in [0.29, 0.717) is 5.75 Å². The lowest BCUT2D eigenvalue weighted by Gasteiger charge is -2.01. The Kier molecular flexibility index (Phi) is 3.10. The minimum Gasteiger partial charge on any atom is -0.467 e. The molecule has 1 saturated heterocycles. The smallest absolute Gasteiger partial charge is 0.338 e. The number of hydrogen-bond acceptors (Lipinski definition) is 5. The number of esters is 2. The van der Waals surface area contributed by atoms with Crippen molar-refractivity contribution >= 4 is 11.9 Å². The van der Waals surface area contributed by atoms with Crippen molar-refractivity contribution in [2.24, 2.45) is 0 Å². The fourth-order valence-corrected chi connectivity index (χ4v) is 1.55. The van der Waals surface area contributed by atoms with E-state index in [4.69, 9.17) is 9.47 Å². The van der Waals surface area contributed by atoms with Crippen LogP contribution in [0.4, 0.5) is 0 Å². The molecule has 2 atom stereocenters. The van der Waals surface area contributed by atoms with E-state index >= 15 is 0 Å². The van der Waals surface area contributed by atoms with Crippen LogP contribution < -0.4 is 4.74 Å². The number of ether oxygens (including phenoxy) is 3. The highest BCUT2D eigenvalue weighted by molar-refractivity contribution is 5.78. The van der Waals surface area contributed by atoms with Gasteiger partial charge in [0.25, 0.3) is 0 Å². The molecule has 5 heteroatoms. The number of hydrogen-bond donors (Lipinski definition) is 0. The zero-order valence-electron chi connectivity index (χ0n) is 9.51. The summed E-state index contributed by atoms with van der Waals surface area (Å²) in [6, 6.07) is 6.83. The predicted octanol–water partition coefficient (Wildman–Crippen LogP) is 1.22. The van der Waals surface area contributed by atoms with Crippen LogP contribution in [0.1, 0.15) is 18.6 Å². The normalized spacial score (nSPS) is 21.8. The molecule has 0 saturated carbocycles. The maximum Gasteiger partial charge on any atom is 0.338 e. The summed E-state index contributed by atoms with van der Waals surface area (Å²) in [5, 5.41) is 0. The van der Waals surface area contributed by atoms with Gasteiger partial charge in [-0.1, -0.05) is 12.1 Å². The summed E-state index contributed by atoms with van der Waals surface area (Å²) >= 11 is 0. The Bertz CT molecular complexity index is 437. The number of carbonyl (C=O) groups excluding carboxylic acids is 2. The molecule has 1 aliphatic heterocycles. The van der Waals surface area contributed by atoms with Crippen molar-refractivity contribution in [1.82, 2.24) is 0 Å². The average Bonchev–Trinajstić information content (AvgIpc) is 3.08. The molecular formula is C12H12O5. The molecule has 1 heterocycles. The Labute approximate surface area is 98.3 Å². The third-order valence-electron chi connectivity index (χ3n) is 2.40. The molecule has 5 nitrogen and oxygen atoms in total. The Morgan fingerprint density at radius 2 is 1.88 bits per heavy atom. The number of epoxide rings is 1. The van der Waals surface area contributed by atoms with Gasteiger partial charge >= 0.3 is 11.9 Å². The number of methoxy groups -OCH3 is 1. The van der Waals surface area contributed by atoms with Gasteiger partial charge in [0, 0.05) is 6.92 Å². The first-order valence-electron chi connectivity index (χ1n) is 5.13. The molecule has 2 rings (SSSR count). The zero-order valence-corrected chi connectivity index (χ0v) is 9.51. The van der Waals surface area contributed by atoms with Gasteiger partial charge in [0.2, 0.25) is 0 Å². The van der Waals surface area contributed by atoms with Crippen molar-refractivity contribution in [3.05, 3.63) is 29.8 Å². The number of benzene rings is 1. The fraction of sp³-hybridized carbons (Fsp3) is 0.333. The first-order chi connectivity index (χ1) is 8.11. The van der Waals surface area contributed by atoms with Crippen molar-refractivity contribution in [1.29, 1.82) is 0 Å². The Balaban J connectivity index is 2.00. The molecule has 0 bridgehead atoms. The van der Waals surface area contributed by atoms with Crippen LogP contribution in [0.15, 0.2) is 24.3 Å². The van der Waals surface area contributed by atoms with Crippen molar-refractivity contribution in [2.45, 2.75) is 19.1 Å². The second kappa shape index (κ2) is 4.55. The first-order valence-corrected chi connectivity index (χ1v) is 5.13. The highest BCUT2D eigenvalue weighted by Crippen LogP contribution is 2.39. The molecule has 17 heavy (non-hydrogen) atoms. The Morgan fingerprint density at radius 1 is 1.24 bits per heavy atom. The molecule has 0 aliphatic carbocycles. The van der Waals surface area contributed by atoms with Gasteiger partial charge in [-0.05, 0) is 17.7 Å². The van der Waals surface area contributed by atoms with Crippen LogP contribution in [0, 0.1) is 0 Å². The van der Waals surface area contributed by atoms with E-state index < -0.39 is 6.10 Å². The van der Waals surface area contributed by atoms with Gasteiger partial charge in [-0.15, -0.1) is 0 Å². The molecule has 1 aliphatic rings. The van der Waals surface area contributed by atoms with Crippen LogP contribution in [-0.4, -0.2) is 25.2 Å². The zero-order chi connectivity index (χ0) is 12.4. The van der Waals surface area contributed by atoms with E-state index in [9.17, 15) is 9.59 Å². The van der Waals surface area contributed by atoms with Gasteiger partial charge in [-0.25, -0.2) is 4.79 Å². The highest BCUT2D eigenvalue weighted by Gasteiger charge is 2.47. The van der Waals surface area contributed by atoms with Crippen LogP contribution >= 0.6 is 0 Å². The second-order valence-electron chi connectivity index (χ2n) is 3.66. The van der Waals surface area contributed by atoms with E-state index in [1.54, 1.807) is 24.3 Å². The first kappa shape index (κ1) is 11.6. The highest BCUT2D eigenvalue weighted by atomic mass is 16.6. The van der Waals surface area contributed by atoms with Gasteiger partial charge in [0.15, 0.2) is 6.10 Å². The second-order valence-corrected chi connectivity index (χ2v) is 3.66. The molecular weight excluding hydrogens is 224 g/mol. The van der Waals surface area contributed by atoms with Crippen LogP contribution in [-0.2, 0) is 19.1 Å². The van der Waals surface area contributed by atoms with E-state index in [1.807, 2.05) is 0 Å². The average molecular weight is 236 g/mol. The lowest BCUT2D eigenvalue weighted by Crippen LogP contribution is -2.09. The van der Waals surface area contributed by atoms with Gasteiger partial charge < -0.3 is 14.2 Å². The predicted molar refractivity (Wildman–Crippen MR) is 57.4 cm³/mol. The van der Waals surface area contributed by atoms with E-state index in [0.717, 1.165) is 5.56 Å². The van der Waals surface area contributed by atoms with Crippen LogP contribution in [0.5, 0.6) is 5.75 Å². The summed E-state index contributed by atoms with van der Waals surface area (Å²) in [6.45, 7) is 1.34. The fourth-order valence-electron chi connectivity index (χ4n) is 1.55. The number of rotatable bonds is 3. The molecule has 90 valence electrons. The third kappa shape index (κ3) is 2.62. The summed E-state index contributed by atoms with van der Waals surface area (Å²) in [5.74, 6) is -0.275. The summed E-state index contributed by atoms with van der Waals surface area (Å²) in [6.07, 6.45) is -0.770. The van der Waals surface area contributed by atoms with E-state index in [1.165, 1.54) is 14.0 Å². The summed E-state index contributed by atoms with van der Waals surface area (Å²) in [4.78, 5) is 21.9. The molecule has 0 unspecified atom stereocenters. The van der Waals surface area contributed by atoms with E-state index in [2.05, 4.69) is 4.74 Å². The van der Waals surface area contributed by atoms with Crippen LogP contribution in [0.2, 0.25) is 0 Å². The van der Waals surface area contributed by atoms with Gasteiger partial charge in [0.1, 0.15) is 11.9 Å². The summed E-state index contributed by atoms with van der Waals surface area (Å²) < 4.78 is 14.7. The Hall–Kier alpha value is -1.88. The van der Waals surface area contributed by atoms with Gasteiger partial charge in [-0.3, -0.25) is 4.79 Å². The monoisotopic (exact) mass is 236 g/mol.